The third-order valence-corrected chi connectivity index (χ3v) is 3.34. The SMILES string of the molecule is Cc1ccc(-c2cc(C(=O)N[C@@H](C)C(=O)O)[nH]n2)cc1C. The molecule has 1 atom stereocenters. The number of carbonyl (C=O) groups is 2. The number of amides is 1. The van der Waals surface area contributed by atoms with E-state index in [1.807, 2.05) is 32.0 Å². The van der Waals surface area contributed by atoms with Gasteiger partial charge in [-0.2, -0.15) is 5.10 Å². The van der Waals surface area contributed by atoms with Crippen LogP contribution in [0.1, 0.15) is 28.5 Å². The zero-order valence-electron chi connectivity index (χ0n) is 12.1. The number of rotatable bonds is 4. The molecule has 0 aliphatic carbocycles. The van der Waals surface area contributed by atoms with Crippen LogP contribution in [0.4, 0.5) is 0 Å². The predicted octanol–water partition coefficient (Wildman–Crippen LogP) is 1.90. The Morgan fingerprint density at radius 2 is 1.95 bits per heavy atom. The van der Waals surface area contributed by atoms with Gasteiger partial charge in [0.1, 0.15) is 11.7 Å². The molecule has 1 heterocycles. The number of H-pyrrole nitrogens is 1. The molecule has 0 spiro atoms. The molecule has 0 saturated heterocycles. The van der Waals surface area contributed by atoms with E-state index in [4.69, 9.17) is 5.11 Å². The molecule has 6 heteroatoms. The topological polar surface area (TPSA) is 95.1 Å². The molecule has 0 saturated carbocycles. The van der Waals surface area contributed by atoms with Gasteiger partial charge in [0, 0.05) is 5.56 Å². The number of carboxylic acids is 1. The van der Waals surface area contributed by atoms with E-state index >= 15 is 0 Å². The number of hydrogen-bond acceptors (Lipinski definition) is 3. The molecular formula is C15H17N3O3. The van der Waals surface area contributed by atoms with E-state index in [0.717, 1.165) is 11.1 Å². The lowest BCUT2D eigenvalue weighted by atomic mass is 10.0. The zero-order chi connectivity index (χ0) is 15.6. The molecule has 2 aromatic rings. The molecule has 110 valence electrons. The number of carboxylic acid groups (broad SMARTS) is 1. The fraction of sp³-hybridized carbons (Fsp3) is 0.267. The summed E-state index contributed by atoms with van der Waals surface area (Å²) < 4.78 is 0. The van der Waals surface area contributed by atoms with Crippen LogP contribution in [0.3, 0.4) is 0 Å². The lowest BCUT2D eigenvalue weighted by Gasteiger charge is -2.07. The summed E-state index contributed by atoms with van der Waals surface area (Å²) in [6.07, 6.45) is 0. The van der Waals surface area contributed by atoms with E-state index in [-0.39, 0.29) is 5.69 Å². The molecule has 0 bridgehead atoms. The number of aromatic nitrogens is 2. The van der Waals surface area contributed by atoms with Crippen molar-refractivity contribution in [2.45, 2.75) is 26.8 Å². The van der Waals surface area contributed by atoms with E-state index in [9.17, 15) is 9.59 Å². The Kier molecular flexibility index (Phi) is 4.07. The average Bonchev–Trinajstić information content (AvgIpc) is 2.91. The first-order chi connectivity index (χ1) is 9.88. The maximum Gasteiger partial charge on any atom is 0.325 e. The normalized spacial score (nSPS) is 12.0. The molecule has 21 heavy (non-hydrogen) atoms. The summed E-state index contributed by atoms with van der Waals surface area (Å²) in [5, 5.41) is 17.9. The molecule has 1 amide bonds. The lowest BCUT2D eigenvalue weighted by molar-refractivity contribution is -0.138. The second-order valence-electron chi connectivity index (χ2n) is 5.00. The monoisotopic (exact) mass is 287 g/mol. The van der Waals surface area contributed by atoms with E-state index in [2.05, 4.69) is 15.5 Å². The minimum Gasteiger partial charge on any atom is -0.480 e. The molecule has 1 aromatic heterocycles. The fourth-order valence-corrected chi connectivity index (χ4v) is 1.82. The van der Waals surface area contributed by atoms with Gasteiger partial charge in [0.15, 0.2) is 0 Å². The quantitative estimate of drug-likeness (QED) is 0.800. The van der Waals surface area contributed by atoms with Gasteiger partial charge in [-0.3, -0.25) is 14.7 Å². The number of nitrogens with zero attached hydrogens (tertiary/aromatic N) is 1. The van der Waals surface area contributed by atoms with Gasteiger partial charge in [0.2, 0.25) is 0 Å². The minimum atomic E-state index is -1.09. The first-order valence-corrected chi connectivity index (χ1v) is 6.55. The van der Waals surface area contributed by atoms with Crippen LogP contribution in [-0.4, -0.2) is 33.2 Å². The summed E-state index contributed by atoms with van der Waals surface area (Å²) in [7, 11) is 0. The van der Waals surface area contributed by atoms with Crippen LogP contribution in [0, 0.1) is 13.8 Å². The van der Waals surface area contributed by atoms with Gasteiger partial charge in [-0.1, -0.05) is 12.1 Å². The second kappa shape index (κ2) is 5.78. The number of aliphatic carboxylic acids is 1. The summed E-state index contributed by atoms with van der Waals surface area (Å²) in [6.45, 7) is 5.43. The van der Waals surface area contributed by atoms with Crippen molar-refractivity contribution >= 4 is 11.9 Å². The number of carbonyl (C=O) groups excluding carboxylic acids is 1. The highest BCUT2D eigenvalue weighted by molar-refractivity contribution is 5.95. The maximum absolute atomic E-state index is 11.9. The standard InChI is InChI=1S/C15H17N3O3/c1-8-4-5-11(6-9(8)2)12-7-13(18-17-12)14(19)16-10(3)15(20)21/h4-7,10H,1-3H3,(H,16,19)(H,17,18)(H,20,21)/t10-/m0/s1. The van der Waals surface area contributed by atoms with Crippen molar-refractivity contribution in [3.05, 3.63) is 41.1 Å². The van der Waals surface area contributed by atoms with Crippen LogP contribution in [0.2, 0.25) is 0 Å². The summed E-state index contributed by atoms with van der Waals surface area (Å²) in [5.74, 6) is -1.58. The molecule has 0 aliphatic rings. The van der Waals surface area contributed by atoms with Crippen LogP contribution >= 0.6 is 0 Å². The molecule has 6 nitrogen and oxygen atoms in total. The van der Waals surface area contributed by atoms with Gasteiger partial charge < -0.3 is 10.4 Å². The van der Waals surface area contributed by atoms with Crippen LogP contribution in [0.5, 0.6) is 0 Å². The van der Waals surface area contributed by atoms with Crippen molar-refractivity contribution in [1.82, 2.24) is 15.5 Å². The van der Waals surface area contributed by atoms with Gasteiger partial charge >= 0.3 is 5.97 Å². The number of aromatic amines is 1. The van der Waals surface area contributed by atoms with Crippen LogP contribution < -0.4 is 5.32 Å². The van der Waals surface area contributed by atoms with Crippen molar-refractivity contribution in [2.75, 3.05) is 0 Å². The third-order valence-electron chi connectivity index (χ3n) is 3.34. The smallest absolute Gasteiger partial charge is 0.325 e. The molecule has 0 fully saturated rings. The number of nitrogens with one attached hydrogen (secondary N) is 2. The number of aryl methyl sites for hydroxylation is 2. The summed E-state index contributed by atoms with van der Waals surface area (Å²) >= 11 is 0. The first kappa shape index (κ1) is 14.8. The fourth-order valence-electron chi connectivity index (χ4n) is 1.82. The van der Waals surface area contributed by atoms with Gasteiger partial charge in [0.25, 0.3) is 5.91 Å². The summed E-state index contributed by atoms with van der Waals surface area (Å²) in [6, 6.07) is 6.57. The zero-order valence-corrected chi connectivity index (χ0v) is 12.1. The van der Waals surface area contributed by atoms with Gasteiger partial charge in [-0.15, -0.1) is 0 Å². The Labute approximate surface area is 122 Å². The molecular weight excluding hydrogens is 270 g/mol. The number of benzene rings is 1. The Hall–Kier alpha value is -2.63. The van der Waals surface area contributed by atoms with E-state index in [1.165, 1.54) is 12.5 Å². The van der Waals surface area contributed by atoms with Crippen LogP contribution in [-0.2, 0) is 4.79 Å². The van der Waals surface area contributed by atoms with Crippen molar-refractivity contribution in [2.24, 2.45) is 0 Å². The highest BCUT2D eigenvalue weighted by Crippen LogP contribution is 2.20. The predicted molar refractivity (Wildman–Crippen MR) is 78.1 cm³/mol. The molecule has 2 rings (SSSR count). The molecule has 0 unspecified atom stereocenters. The molecule has 3 N–H and O–H groups in total. The molecule has 1 aromatic carbocycles. The Balaban J connectivity index is 2.19. The van der Waals surface area contributed by atoms with Gasteiger partial charge in [0.05, 0.1) is 5.69 Å². The lowest BCUT2D eigenvalue weighted by Crippen LogP contribution is -2.38. The van der Waals surface area contributed by atoms with Crippen LogP contribution in [0.25, 0.3) is 11.3 Å². The Morgan fingerprint density at radius 3 is 2.57 bits per heavy atom. The first-order valence-electron chi connectivity index (χ1n) is 6.55. The molecule has 0 aliphatic heterocycles. The summed E-state index contributed by atoms with van der Waals surface area (Å²) in [4.78, 5) is 22.6. The van der Waals surface area contributed by atoms with Gasteiger partial charge in [-0.05, 0) is 44.0 Å². The van der Waals surface area contributed by atoms with Crippen molar-refractivity contribution in [3.63, 3.8) is 0 Å². The highest BCUT2D eigenvalue weighted by atomic mass is 16.4. The largest absolute Gasteiger partial charge is 0.480 e. The van der Waals surface area contributed by atoms with E-state index in [0.29, 0.717) is 5.69 Å². The Bertz CT molecular complexity index is 691. The maximum atomic E-state index is 11.9. The van der Waals surface area contributed by atoms with Crippen molar-refractivity contribution < 1.29 is 14.7 Å². The van der Waals surface area contributed by atoms with Gasteiger partial charge in [-0.25, -0.2) is 0 Å². The molecule has 0 radical (unpaired) electrons. The van der Waals surface area contributed by atoms with Crippen molar-refractivity contribution in [3.8, 4) is 11.3 Å². The highest BCUT2D eigenvalue weighted by Gasteiger charge is 2.17. The third kappa shape index (κ3) is 3.28. The summed E-state index contributed by atoms with van der Waals surface area (Å²) in [5.41, 5.74) is 4.10. The average molecular weight is 287 g/mol. The second-order valence-corrected chi connectivity index (χ2v) is 5.00. The minimum absolute atomic E-state index is 0.233. The number of hydrogen-bond donors (Lipinski definition) is 3. The van der Waals surface area contributed by atoms with Crippen molar-refractivity contribution in [1.29, 1.82) is 0 Å². The van der Waals surface area contributed by atoms with E-state index < -0.39 is 17.9 Å². The Morgan fingerprint density at radius 1 is 1.24 bits per heavy atom. The van der Waals surface area contributed by atoms with Crippen LogP contribution in [0.15, 0.2) is 24.3 Å². The van der Waals surface area contributed by atoms with E-state index in [1.54, 1.807) is 6.07 Å².